The molecular formula is C16H34N2O. The van der Waals surface area contributed by atoms with Crippen LogP contribution in [0.3, 0.4) is 0 Å². The minimum Gasteiger partial charge on any atom is -0.396 e. The van der Waals surface area contributed by atoms with E-state index in [0.29, 0.717) is 6.61 Å². The van der Waals surface area contributed by atoms with Gasteiger partial charge in [0.25, 0.3) is 0 Å². The molecule has 1 fully saturated rings. The predicted molar refractivity (Wildman–Crippen MR) is 82.4 cm³/mol. The third-order valence-electron chi connectivity index (χ3n) is 4.46. The monoisotopic (exact) mass is 270 g/mol. The van der Waals surface area contributed by atoms with Crippen LogP contribution in [0.25, 0.3) is 0 Å². The summed E-state index contributed by atoms with van der Waals surface area (Å²) in [5, 5.41) is 12.5. The highest BCUT2D eigenvalue weighted by Crippen LogP contribution is 2.29. The summed E-state index contributed by atoms with van der Waals surface area (Å²) in [6.45, 7) is 8.44. The fourth-order valence-corrected chi connectivity index (χ4v) is 3.39. The maximum Gasteiger partial charge on any atom is 0.0431 e. The van der Waals surface area contributed by atoms with Crippen molar-refractivity contribution in [2.45, 2.75) is 58.4 Å². The highest BCUT2D eigenvalue weighted by atomic mass is 16.2. The van der Waals surface area contributed by atoms with Gasteiger partial charge in [0, 0.05) is 19.2 Å². The van der Waals surface area contributed by atoms with Gasteiger partial charge in [0.15, 0.2) is 0 Å². The minimum atomic E-state index is 0.340. The van der Waals surface area contributed by atoms with Crippen LogP contribution < -0.4 is 5.32 Å². The number of aliphatic hydroxyl groups excluding tert-OH is 1. The van der Waals surface area contributed by atoms with Crippen LogP contribution in [0.5, 0.6) is 0 Å². The molecule has 3 heteroatoms. The van der Waals surface area contributed by atoms with E-state index < -0.39 is 0 Å². The van der Waals surface area contributed by atoms with E-state index >= 15 is 0 Å². The standard InChI is InChI=1S/C16H34N2O/c1-4-17-16-9-8-14(2)12-15(16)13-18(3)10-6-5-7-11-19/h14-17,19H,4-13H2,1-3H3. The molecule has 0 aromatic heterocycles. The van der Waals surface area contributed by atoms with Gasteiger partial charge in [-0.2, -0.15) is 0 Å². The Bertz CT molecular complexity index is 223. The van der Waals surface area contributed by atoms with Gasteiger partial charge in [-0.25, -0.2) is 0 Å². The molecule has 2 N–H and O–H groups in total. The number of nitrogens with one attached hydrogen (secondary N) is 1. The Kier molecular flexibility index (Phi) is 8.67. The van der Waals surface area contributed by atoms with Crippen LogP contribution in [0, 0.1) is 11.8 Å². The number of aliphatic hydroxyl groups is 1. The van der Waals surface area contributed by atoms with Crippen molar-refractivity contribution in [1.82, 2.24) is 10.2 Å². The van der Waals surface area contributed by atoms with Crippen LogP contribution in [0.1, 0.15) is 52.4 Å². The molecule has 1 rings (SSSR count). The van der Waals surface area contributed by atoms with Gasteiger partial charge in [-0.15, -0.1) is 0 Å². The van der Waals surface area contributed by atoms with E-state index in [4.69, 9.17) is 5.11 Å². The summed E-state index contributed by atoms with van der Waals surface area (Å²) in [6.07, 6.45) is 7.42. The lowest BCUT2D eigenvalue weighted by atomic mass is 9.78. The number of hydrogen-bond donors (Lipinski definition) is 2. The molecular weight excluding hydrogens is 236 g/mol. The summed E-state index contributed by atoms with van der Waals surface area (Å²) in [6, 6.07) is 0.723. The Balaban J connectivity index is 2.29. The van der Waals surface area contributed by atoms with Crippen molar-refractivity contribution in [3.8, 4) is 0 Å². The summed E-state index contributed by atoms with van der Waals surface area (Å²) < 4.78 is 0. The van der Waals surface area contributed by atoms with Crippen LogP contribution in [-0.4, -0.2) is 49.3 Å². The largest absolute Gasteiger partial charge is 0.396 e. The van der Waals surface area contributed by atoms with Crippen molar-refractivity contribution >= 4 is 0 Å². The van der Waals surface area contributed by atoms with E-state index in [1.54, 1.807) is 0 Å². The van der Waals surface area contributed by atoms with Crippen molar-refractivity contribution in [2.75, 3.05) is 33.3 Å². The molecule has 0 aromatic carbocycles. The topological polar surface area (TPSA) is 35.5 Å². The summed E-state index contributed by atoms with van der Waals surface area (Å²) >= 11 is 0. The van der Waals surface area contributed by atoms with Gasteiger partial charge in [0.05, 0.1) is 0 Å². The fraction of sp³-hybridized carbons (Fsp3) is 1.00. The molecule has 0 aromatic rings. The molecule has 0 spiro atoms. The molecule has 0 amide bonds. The van der Waals surface area contributed by atoms with E-state index in [2.05, 4.69) is 31.1 Å². The smallest absolute Gasteiger partial charge is 0.0431 e. The quantitative estimate of drug-likeness (QED) is 0.632. The Morgan fingerprint density at radius 2 is 2.00 bits per heavy atom. The fourth-order valence-electron chi connectivity index (χ4n) is 3.39. The van der Waals surface area contributed by atoms with Crippen molar-refractivity contribution < 1.29 is 5.11 Å². The van der Waals surface area contributed by atoms with Gasteiger partial charge in [-0.1, -0.05) is 13.8 Å². The van der Waals surface area contributed by atoms with E-state index in [1.807, 2.05) is 0 Å². The second-order valence-electron chi connectivity index (χ2n) is 6.39. The summed E-state index contributed by atoms with van der Waals surface area (Å²) in [4.78, 5) is 2.49. The van der Waals surface area contributed by atoms with Crippen molar-refractivity contribution in [3.05, 3.63) is 0 Å². The Labute approximate surface area is 119 Å². The number of nitrogens with zero attached hydrogens (tertiary/aromatic N) is 1. The minimum absolute atomic E-state index is 0.340. The average molecular weight is 270 g/mol. The maximum absolute atomic E-state index is 8.79. The second kappa shape index (κ2) is 9.73. The molecule has 3 unspecified atom stereocenters. The highest BCUT2D eigenvalue weighted by molar-refractivity contribution is 4.84. The van der Waals surface area contributed by atoms with Crippen LogP contribution in [0.2, 0.25) is 0 Å². The third kappa shape index (κ3) is 6.73. The second-order valence-corrected chi connectivity index (χ2v) is 6.39. The van der Waals surface area contributed by atoms with E-state index in [-0.39, 0.29) is 0 Å². The Morgan fingerprint density at radius 1 is 1.21 bits per heavy atom. The Morgan fingerprint density at radius 3 is 2.68 bits per heavy atom. The van der Waals surface area contributed by atoms with Crippen molar-refractivity contribution in [2.24, 2.45) is 11.8 Å². The molecule has 19 heavy (non-hydrogen) atoms. The van der Waals surface area contributed by atoms with Crippen LogP contribution in [0.15, 0.2) is 0 Å². The lowest BCUT2D eigenvalue weighted by molar-refractivity contribution is 0.159. The highest BCUT2D eigenvalue weighted by Gasteiger charge is 2.28. The molecule has 0 bridgehead atoms. The van der Waals surface area contributed by atoms with Crippen molar-refractivity contribution in [1.29, 1.82) is 0 Å². The molecule has 1 aliphatic rings. The molecule has 0 radical (unpaired) electrons. The first kappa shape index (κ1) is 16.9. The Hall–Kier alpha value is -0.120. The van der Waals surface area contributed by atoms with Gasteiger partial charge in [0.2, 0.25) is 0 Å². The van der Waals surface area contributed by atoms with Gasteiger partial charge in [-0.05, 0) is 70.5 Å². The summed E-state index contributed by atoms with van der Waals surface area (Å²) in [5.74, 6) is 1.70. The van der Waals surface area contributed by atoms with Gasteiger partial charge < -0.3 is 15.3 Å². The molecule has 114 valence electrons. The van der Waals surface area contributed by atoms with Gasteiger partial charge in [-0.3, -0.25) is 0 Å². The molecule has 3 atom stereocenters. The van der Waals surface area contributed by atoms with E-state index in [9.17, 15) is 0 Å². The SMILES string of the molecule is CCNC1CCC(C)CC1CN(C)CCCCCO. The van der Waals surface area contributed by atoms with Crippen LogP contribution in [-0.2, 0) is 0 Å². The van der Waals surface area contributed by atoms with E-state index in [0.717, 1.165) is 37.3 Å². The number of unbranched alkanes of at least 4 members (excludes halogenated alkanes) is 2. The molecule has 0 heterocycles. The lowest BCUT2D eigenvalue weighted by Gasteiger charge is -2.37. The maximum atomic E-state index is 8.79. The van der Waals surface area contributed by atoms with Crippen LogP contribution in [0.4, 0.5) is 0 Å². The molecule has 0 aliphatic heterocycles. The molecule has 1 saturated carbocycles. The molecule has 0 saturated heterocycles. The number of rotatable bonds is 9. The lowest BCUT2D eigenvalue weighted by Crippen LogP contribution is -2.45. The zero-order valence-electron chi connectivity index (χ0n) is 13.2. The zero-order valence-corrected chi connectivity index (χ0v) is 13.2. The normalized spacial score (nSPS) is 27.9. The average Bonchev–Trinajstić information content (AvgIpc) is 2.38. The molecule has 3 nitrogen and oxygen atoms in total. The zero-order chi connectivity index (χ0) is 14.1. The first-order valence-electron chi connectivity index (χ1n) is 8.20. The summed E-state index contributed by atoms with van der Waals surface area (Å²) in [5.41, 5.74) is 0. The van der Waals surface area contributed by atoms with Gasteiger partial charge >= 0.3 is 0 Å². The van der Waals surface area contributed by atoms with E-state index in [1.165, 1.54) is 38.8 Å². The predicted octanol–water partition coefficient (Wildman–Crippen LogP) is 2.50. The molecule has 1 aliphatic carbocycles. The van der Waals surface area contributed by atoms with Crippen LogP contribution >= 0.6 is 0 Å². The van der Waals surface area contributed by atoms with Gasteiger partial charge in [0.1, 0.15) is 0 Å². The van der Waals surface area contributed by atoms with Crippen molar-refractivity contribution in [3.63, 3.8) is 0 Å². The first-order chi connectivity index (χ1) is 9.17. The number of hydrogen-bond acceptors (Lipinski definition) is 3. The third-order valence-corrected chi connectivity index (χ3v) is 4.46. The first-order valence-corrected chi connectivity index (χ1v) is 8.20. The summed E-state index contributed by atoms with van der Waals surface area (Å²) in [7, 11) is 2.25.